The average molecular weight is 282 g/mol. The lowest BCUT2D eigenvalue weighted by Crippen LogP contribution is -2.50. The summed E-state index contributed by atoms with van der Waals surface area (Å²) in [5.41, 5.74) is 0. The van der Waals surface area contributed by atoms with E-state index in [4.69, 9.17) is 0 Å². The number of fused-ring (bicyclic) bond motifs is 1. The maximum absolute atomic E-state index is 12.6. The summed E-state index contributed by atoms with van der Waals surface area (Å²) in [5.74, 6) is -0.451. The third-order valence-electron chi connectivity index (χ3n) is 4.91. The van der Waals surface area contributed by atoms with Crippen LogP contribution in [-0.2, 0) is 9.59 Å². The minimum Gasteiger partial charge on any atom is -0.480 e. The molecule has 5 heteroatoms. The minimum absolute atomic E-state index is 0.00417. The molecule has 5 nitrogen and oxygen atoms in total. The predicted octanol–water partition coefficient (Wildman–Crippen LogP) is 1.57. The van der Waals surface area contributed by atoms with Gasteiger partial charge in [-0.15, -0.1) is 0 Å². The second-order valence-corrected chi connectivity index (χ2v) is 5.96. The molecular formula is C15H26N2O3. The van der Waals surface area contributed by atoms with E-state index in [0.717, 1.165) is 32.4 Å². The van der Waals surface area contributed by atoms with Gasteiger partial charge in [0.2, 0.25) is 5.91 Å². The third-order valence-corrected chi connectivity index (χ3v) is 4.91. The summed E-state index contributed by atoms with van der Waals surface area (Å²) in [7, 11) is 0. The fourth-order valence-electron chi connectivity index (χ4n) is 3.76. The third kappa shape index (κ3) is 2.97. The zero-order valence-electron chi connectivity index (χ0n) is 12.5. The standard InChI is InChI=1S/C15H26N2O3/c1-3-16(4-2)10-14(18)17-12-8-6-5-7-11(12)9-13(17)15(19)20/h11-13H,3-10H2,1-2H3,(H,19,20). The van der Waals surface area contributed by atoms with Gasteiger partial charge in [0, 0.05) is 6.04 Å². The fourth-order valence-corrected chi connectivity index (χ4v) is 3.76. The van der Waals surface area contributed by atoms with E-state index in [1.54, 1.807) is 4.90 Å². The quantitative estimate of drug-likeness (QED) is 0.831. The van der Waals surface area contributed by atoms with Gasteiger partial charge in [-0.1, -0.05) is 26.7 Å². The Labute approximate surface area is 120 Å². The molecule has 1 aliphatic heterocycles. The molecule has 1 saturated heterocycles. The van der Waals surface area contributed by atoms with Crippen molar-refractivity contribution in [2.75, 3.05) is 19.6 Å². The van der Waals surface area contributed by atoms with E-state index in [1.165, 1.54) is 6.42 Å². The van der Waals surface area contributed by atoms with E-state index in [0.29, 0.717) is 18.9 Å². The molecule has 3 atom stereocenters. The maximum atomic E-state index is 12.6. The molecule has 0 radical (unpaired) electrons. The Morgan fingerprint density at radius 3 is 2.45 bits per heavy atom. The molecule has 2 fully saturated rings. The Kier molecular flexibility index (Phi) is 5.02. The normalized spacial score (nSPS) is 29.6. The number of hydrogen-bond donors (Lipinski definition) is 1. The van der Waals surface area contributed by atoms with Crippen LogP contribution in [-0.4, -0.2) is 58.5 Å². The van der Waals surface area contributed by atoms with E-state index in [1.807, 2.05) is 13.8 Å². The SMILES string of the molecule is CCN(CC)CC(=O)N1C(C(=O)O)CC2CCCCC21. The molecule has 1 heterocycles. The highest BCUT2D eigenvalue weighted by Gasteiger charge is 2.47. The number of amides is 1. The van der Waals surface area contributed by atoms with Crippen molar-refractivity contribution in [1.82, 2.24) is 9.80 Å². The molecule has 0 aromatic heterocycles. The number of carbonyl (C=O) groups is 2. The smallest absolute Gasteiger partial charge is 0.326 e. The molecular weight excluding hydrogens is 256 g/mol. The summed E-state index contributed by atoms with van der Waals surface area (Å²) >= 11 is 0. The van der Waals surface area contributed by atoms with Gasteiger partial charge >= 0.3 is 5.97 Å². The van der Waals surface area contributed by atoms with Crippen LogP contribution in [0.1, 0.15) is 46.0 Å². The van der Waals surface area contributed by atoms with Crippen LogP contribution in [0.5, 0.6) is 0 Å². The van der Waals surface area contributed by atoms with E-state index >= 15 is 0 Å². The van der Waals surface area contributed by atoms with Crippen LogP contribution in [0.3, 0.4) is 0 Å². The first-order valence-corrected chi connectivity index (χ1v) is 7.84. The highest BCUT2D eigenvalue weighted by Crippen LogP contribution is 2.39. The largest absolute Gasteiger partial charge is 0.480 e. The molecule has 0 bridgehead atoms. The zero-order chi connectivity index (χ0) is 14.7. The summed E-state index contributed by atoms with van der Waals surface area (Å²) in [5, 5.41) is 9.42. The van der Waals surface area contributed by atoms with Crippen LogP contribution in [0.15, 0.2) is 0 Å². The second-order valence-electron chi connectivity index (χ2n) is 5.96. The number of aliphatic carboxylic acids is 1. The van der Waals surface area contributed by atoms with Gasteiger partial charge in [-0.2, -0.15) is 0 Å². The summed E-state index contributed by atoms with van der Waals surface area (Å²) in [6, 6.07) is -0.445. The zero-order valence-corrected chi connectivity index (χ0v) is 12.5. The number of likely N-dealkylation sites (tertiary alicyclic amines) is 1. The molecule has 1 aliphatic carbocycles. The van der Waals surface area contributed by atoms with Crippen molar-refractivity contribution in [2.24, 2.45) is 5.92 Å². The highest BCUT2D eigenvalue weighted by atomic mass is 16.4. The number of likely N-dealkylation sites (N-methyl/N-ethyl adjacent to an activating group) is 1. The molecule has 2 rings (SSSR count). The number of nitrogens with zero attached hydrogens (tertiary/aromatic N) is 2. The van der Waals surface area contributed by atoms with E-state index in [2.05, 4.69) is 4.90 Å². The first-order valence-electron chi connectivity index (χ1n) is 7.84. The molecule has 114 valence electrons. The van der Waals surface area contributed by atoms with Crippen LogP contribution in [0.25, 0.3) is 0 Å². The molecule has 1 N–H and O–H groups in total. The Balaban J connectivity index is 2.12. The Hall–Kier alpha value is -1.10. The second kappa shape index (κ2) is 6.57. The predicted molar refractivity (Wildman–Crippen MR) is 76.4 cm³/mol. The van der Waals surface area contributed by atoms with Crippen LogP contribution < -0.4 is 0 Å². The molecule has 0 spiro atoms. The average Bonchev–Trinajstić information content (AvgIpc) is 2.84. The van der Waals surface area contributed by atoms with E-state index in [9.17, 15) is 14.7 Å². The van der Waals surface area contributed by atoms with Gasteiger partial charge in [0.15, 0.2) is 0 Å². The van der Waals surface area contributed by atoms with Crippen LogP contribution in [0.2, 0.25) is 0 Å². The van der Waals surface area contributed by atoms with Crippen LogP contribution in [0, 0.1) is 5.92 Å². The van der Waals surface area contributed by atoms with Crippen molar-refractivity contribution in [3.63, 3.8) is 0 Å². The van der Waals surface area contributed by atoms with Crippen molar-refractivity contribution in [1.29, 1.82) is 0 Å². The topological polar surface area (TPSA) is 60.9 Å². The van der Waals surface area contributed by atoms with Gasteiger partial charge in [0.05, 0.1) is 6.54 Å². The van der Waals surface area contributed by atoms with Gasteiger partial charge in [-0.3, -0.25) is 9.69 Å². The van der Waals surface area contributed by atoms with Crippen LogP contribution >= 0.6 is 0 Å². The summed E-state index contributed by atoms with van der Waals surface area (Å²) in [6.07, 6.45) is 4.97. The van der Waals surface area contributed by atoms with Gasteiger partial charge in [0.1, 0.15) is 6.04 Å². The number of carbonyl (C=O) groups excluding carboxylic acids is 1. The lowest BCUT2D eigenvalue weighted by atomic mass is 9.85. The number of carboxylic acid groups (broad SMARTS) is 1. The van der Waals surface area contributed by atoms with Gasteiger partial charge < -0.3 is 10.0 Å². The lowest BCUT2D eigenvalue weighted by Gasteiger charge is -2.34. The van der Waals surface area contributed by atoms with Crippen molar-refractivity contribution in [3.05, 3.63) is 0 Å². The summed E-state index contributed by atoms with van der Waals surface area (Å²) in [6.45, 7) is 6.04. The van der Waals surface area contributed by atoms with E-state index in [-0.39, 0.29) is 11.9 Å². The molecule has 1 amide bonds. The Morgan fingerprint density at radius 1 is 1.20 bits per heavy atom. The highest BCUT2D eigenvalue weighted by molar-refractivity contribution is 5.86. The molecule has 0 aromatic rings. The van der Waals surface area contributed by atoms with Crippen molar-refractivity contribution in [2.45, 2.75) is 58.0 Å². The monoisotopic (exact) mass is 282 g/mol. The molecule has 3 unspecified atom stereocenters. The molecule has 0 aromatic carbocycles. The molecule has 2 aliphatic rings. The van der Waals surface area contributed by atoms with Crippen molar-refractivity contribution >= 4 is 11.9 Å². The first-order chi connectivity index (χ1) is 9.58. The lowest BCUT2D eigenvalue weighted by molar-refractivity contribution is -0.150. The van der Waals surface area contributed by atoms with Gasteiger partial charge in [-0.05, 0) is 38.3 Å². The minimum atomic E-state index is -0.840. The van der Waals surface area contributed by atoms with E-state index < -0.39 is 12.0 Å². The Bertz CT molecular complexity index is 368. The fraction of sp³-hybridized carbons (Fsp3) is 0.867. The summed E-state index contributed by atoms with van der Waals surface area (Å²) in [4.78, 5) is 27.8. The van der Waals surface area contributed by atoms with Crippen molar-refractivity contribution in [3.8, 4) is 0 Å². The van der Waals surface area contributed by atoms with Gasteiger partial charge in [-0.25, -0.2) is 4.79 Å². The number of rotatable bonds is 5. The van der Waals surface area contributed by atoms with Crippen molar-refractivity contribution < 1.29 is 14.7 Å². The number of hydrogen-bond acceptors (Lipinski definition) is 3. The molecule has 1 saturated carbocycles. The Morgan fingerprint density at radius 2 is 1.85 bits per heavy atom. The summed E-state index contributed by atoms with van der Waals surface area (Å²) < 4.78 is 0. The van der Waals surface area contributed by atoms with Gasteiger partial charge in [0.25, 0.3) is 0 Å². The first kappa shape index (κ1) is 15.3. The molecule has 20 heavy (non-hydrogen) atoms. The maximum Gasteiger partial charge on any atom is 0.326 e. The number of carboxylic acids is 1. The van der Waals surface area contributed by atoms with Crippen LogP contribution in [0.4, 0.5) is 0 Å².